The standard InChI is InChI=1S/C17H17IN2O3/c1-10-7-12(18)3-5-14(10)19-11(2)17(21)20-13-4-6-15-16(8-13)23-9-22-15/h3-8,11,19H,9H2,1-2H3,(H,20,21)/t11-/m0/s1. The van der Waals surface area contributed by atoms with Crippen LogP contribution in [0.4, 0.5) is 11.4 Å². The van der Waals surface area contributed by atoms with Gasteiger partial charge in [-0.05, 0) is 72.3 Å². The average molecular weight is 424 g/mol. The molecule has 0 aromatic heterocycles. The van der Waals surface area contributed by atoms with Crippen LogP contribution in [0.15, 0.2) is 36.4 Å². The number of fused-ring (bicyclic) bond motifs is 1. The highest BCUT2D eigenvalue weighted by atomic mass is 127. The van der Waals surface area contributed by atoms with Crippen molar-refractivity contribution in [3.63, 3.8) is 0 Å². The van der Waals surface area contributed by atoms with E-state index in [0.29, 0.717) is 17.2 Å². The number of hydrogen-bond donors (Lipinski definition) is 2. The maximum absolute atomic E-state index is 12.3. The van der Waals surface area contributed by atoms with Gasteiger partial charge in [0.2, 0.25) is 12.7 Å². The second kappa shape index (κ2) is 6.66. The lowest BCUT2D eigenvalue weighted by Gasteiger charge is -2.17. The van der Waals surface area contributed by atoms with Crippen molar-refractivity contribution in [3.05, 3.63) is 45.5 Å². The zero-order valence-corrected chi connectivity index (χ0v) is 15.0. The Morgan fingerprint density at radius 2 is 1.96 bits per heavy atom. The number of halogens is 1. The molecule has 1 amide bonds. The van der Waals surface area contributed by atoms with Gasteiger partial charge in [-0.15, -0.1) is 0 Å². The summed E-state index contributed by atoms with van der Waals surface area (Å²) in [4.78, 5) is 12.3. The van der Waals surface area contributed by atoms with E-state index < -0.39 is 0 Å². The van der Waals surface area contributed by atoms with Crippen LogP contribution in [0.25, 0.3) is 0 Å². The largest absolute Gasteiger partial charge is 0.454 e. The Kier molecular flexibility index (Phi) is 4.61. The summed E-state index contributed by atoms with van der Waals surface area (Å²) in [6.07, 6.45) is 0. The van der Waals surface area contributed by atoms with Crippen molar-refractivity contribution < 1.29 is 14.3 Å². The van der Waals surface area contributed by atoms with E-state index in [1.54, 1.807) is 18.2 Å². The van der Waals surface area contributed by atoms with Crippen molar-refractivity contribution in [1.29, 1.82) is 0 Å². The minimum atomic E-state index is -0.362. The Labute approximate surface area is 148 Å². The van der Waals surface area contributed by atoms with Gasteiger partial charge >= 0.3 is 0 Å². The molecule has 3 rings (SSSR count). The van der Waals surface area contributed by atoms with Crippen molar-refractivity contribution in [1.82, 2.24) is 0 Å². The number of nitrogens with one attached hydrogen (secondary N) is 2. The van der Waals surface area contributed by atoms with E-state index in [2.05, 4.69) is 39.3 Å². The van der Waals surface area contributed by atoms with Gasteiger partial charge in [0.1, 0.15) is 6.04 Å². The summed E-state index contributed by atoms with van der Waals surface area (Å²) in [6, 6.07) is 11.1. The highest BCUT2D eigenvalue weighted by molar-refractivity contribution is 14.1. The van der Waals surface area contributed by atoms with Crippen LogP contribution in [0, 0.1) is 10.5 Å². The van der Waals surface area contributed by atoms with Crippen molar-refractivity contribution in [2.24, 2.45) is 0 Å². The summed E-state index contributed by atoms with van der Waals surface area (Å²) in [5, 5.41) is 6.12. The highest BCUT2D eigenvalue weighted by Crippen LogP contribution is 2.34. The van der Waals surface area contributed by atoms with Gasteiger partial charge in [-0.3, -0.25) is 4.79 Å². The molecular formula is C17H17IN2O3. The lowest BCUT2D eigenvalue weighted by atomic mass is 10.2. The molecule has 120 valence electrons. The number of ether oxygens (including phenoxy) is 2. The van der Waals surface area contributed by atoms with Gasteiger partial charge in [0.05, 0.1) is 0 Å². The molecule has 0 radical (unpaired) electrons. The first kappa shape index (κ1) is 15.9. The van der Waals surface area contributed by atoms with Crippen LogP contribution in [0.2, 0.25) is 0 Å². The number of anilines is 2. The molecule has 2 N–H and O–H groups in total. The molecule has 2 aromatic rings. The van der Waals surface area contributed by atoms with Gasteiger partial charge in [0.15, 0.2) is 11.5 Å². The second-order valence-corrected chi connectivity index (χ2v) is 6.63. The molecule has 0 saturated carbocycles. The number of rotatable bonds is 4. The lowest BCUT2D eigenvalue weighted by Crippen LogP contribution is -2.32. The van der Waals surface area contributed by atoms with E-state index in [1.807, 2.05) is 26.0 Å². The molecule has 5 nitrogen and oxygen atoms in total. The molecule has 0 bridgehead atoms. The molecule has 2 aromatic carbocycles. The quantitative estimate of drug-likeness (QED) is 0.734. The third-order valence-corrected chi connectivity index (χ3v) is 4.26. The number of carbonyl (C=O) groups excluding carboxylic acids is 1. The zero-order chi connectivity index (χ0) is 16.4. The van der Waals surface area contributed by atoms with Crippen LogP contribution >= 0.6 is 22.6 Å². The van der Waals surface area contributed by atoms with Crippen molar-refractivity contribution in [3.8, 4) is 11.5 Å². The molecule has 0 saturated heterocycles. The van der Waals surface area contributed by atoms with Crippen molar-refractivity contribution in [2.75, 3.05) is 17.4 Å². The fourth-order valence-corrected chi connectivity index (χ4v) is 2.96. The summed E-state index contributed by atoms with van der Waals surface area (Å²) >= 11 is 2.27. The van der Waals surface area contributed by atoms with Crippen LogP contribution < -0.4 is 20.1 Å². The smallest absolute Gasteiger partial charge is 0.246 e. The predicted octanol–water partition coefficient (Wildman–Crippen LogP) is 3.77. The molecule has 0 spiro atoms. The molecule has 6 heteroatoms. The van der Waals surface area contributed by atoms with E-state index in [-0.39, 0.29) is 18.7 Å². The van der Waals surface area contributed by atoms with Crippen LogP contribution in [-0.4, -0.2) is 18.7 Å². The van der Waals surface area contributed by atoms with Gasteiger partial charge in [-0.25, -0.2) is 0 Å². The fourth-order valence-electron chi connectivity index (χ4n) is 2.31. The zero-order valence-electron chi connectivity index (χ0n) is 12.9. The summed E-state index contributed by atoms with van der Waals surface area (Å²) in [5.41, 5.74) is 2.76. The first-order chi connectivity index (χ1) is 11.0. The highest BCUT2D eigenvalue weighted by Gasteiger charge is 2.17. The summed E-state index contributed by atoms with van der Waals surface area (Å²) < 4.78 is 11.7. The Bertz CT molecular complexity index is 749. The minimum Gasteiger partial charge on any atom is -0.454 e. The van der Waals surface area contributed by atoms with Crippen LogP contribution in [0.5, 0.6) is 11.5 Å². The van der Waals surface area contributed by atoms with Gasteiger partial charge in [-0.1, -0.05) is 0 Å². The number of aryl methyl sites for hydroxylation is 1. The third kappa shape index (κ3) is 3.69. The van der Waals surface area contributed by atoms with Gasteiger partial charge in [0.25, 0.3) is 0 Å². The second-order valence-electron chi connectivity index (χ2n) is 5.38. The molecule has 0 unspecified atom stereocenters. The molecule has 1 atom stereocenters. The molecular weight excluding hydrogens is 407 g/mol. The van der Waals surface area contributed by atoms with E-state index in [9.17, 15) is 4.79 Å². The first-order valence-corrected chi connectivity index (χ1v) is 8.34. The topological polar surface area (TPSA) is 59.6 Å². The number of benzene rings is 2. The normalized spacial score (nSPS) is 13.5. The summed E-state index contributed by atoms with van der Waals surface area (Å²) in [5.74, 6) is 1.24. The number of hydrogen-bond acceptors (Lipinski definition) is 4. The molecule has 0 aliphatic carbocycles. The first-order valence-electron chi connectivity index (χ1n) is 7.26. The Morgan fingerprint density at radius 1 is 1.17 bits per heavy atom. The number of amides is 1. The molecule has 1 aliphatic heterocycles. The van der Waals surface area contributed by atoms with Crippen molar-refractivity contribution in [2.45, 2.75) is 19.9 Å². The monoisotopic (exact) mass is 424 g/mol. The summed E-state index contributed by atoms with van der Waals surface area (Å²) in [6.45, 7) is 4.07. The van der Waals surface area contributed by atoms with Gasteiger partial charge in [-0.2, -0.15) is 0 Å². The van der Waals surface area contributed by atoms with Gasteiger partial charge < -0.3 is 20.1 Å². The van der Waals surface area contributed by atoms with E-state index >= 15 is 0 Å². The van der Waals surface area contributed by atoms with E-state index in [4.69, 9.17) is 9.47 Å². The fraction of sp³-hybridized carbons (Fsp3) is 0.235. The Hall–Kier alpha value is -1.96. The number of carbonyl (C=O) groups is 1. The van der Waals surface area contributed by atoms with Crippen LogP contribution in [0.1, 0.15) is 12.5 Å². The molecule has 0 fully saturated rings. The third-order valence-electron chi connectivity index (χ3n) is 3.59. The summed E-state index contributed by atoms with van der Waals surface area (Å²) in [7, 11) is 0. The molecule has 1 heterocycles. The predicted molar refractivity (Wildman–Crippen MR) is 98.2 cm³/mol. The average Bonchev–Trinajstić information content (AvgIpc) is 2.97. The Morgan fingerprint density at radius 3 is 2.74 bits per heavy atom. The SMILES string of the molecule is Cc1cc(I)ccc1N[C@@H](C)C(=O)Nc1ccc2c(c1)OCO2. The Balaban J connectivity index is 1.65. The van der Waals surface area contributed by atoms with Gasteiger partial charge in [0, 0.05) is 21.0 Å². The molecule has 23 heavy (non-hydrogen) atoms. The van der Waals surface area contributed by atoms with Crippen LogP contribution in [0.3, 0.4) is 0 Å². The maximum Gasteiger partial charge on any atom is 0.246 e. The van der Waals surface area contributed by atoms with Crippen molar-refractivity contribution >= 4 is 39.9 Å². The van der Waals surface area contributed by atoms with Crippen LogP contribution in [-0.2, 0) is 4.79 Å². The van der Waals surface area contributed by atoms with E-state index in [0.717, 1.165) is 11.3 Å². The molecule has 1 aliphatic rings. The lowest BCUT2D eigenvalue weighted by molar-refractivity contribution is -0.116. The van der Waals surface area contributed by atoms with E-state index in [1.165, 1.54) is 3.57 Å². The minimum absolute atomic E-state index is 0.109. The maximum atomic E-state index is 12.3.